The average molecular weight is 305 g/mol. The first kappa shape index (κ1) is 20.3. The highest BCUT2D eigenvalue weighted by Gasteiger charge is 2.29. The smallest absolute Gasteiger partial charge is 0.323 e. The summed E-state index contributed by atoms with van der Waals surface area (Å²) >= 11 is 0. The maximum Gasteiger partial charge on any atom is 0.323 e. The van der Waals surface area contributed by atoms with Crippen molar-refractivity contribution in [1.82, 2.24) is 5.32 Å². The molecular weight excluding hydrogens is 274 g/mol. The minimum absolute atomic E-state index is 0.471. The van der Waals surface area contributed by atoms with E-state index in [0.717, 1.165) is 19.4 Å². The highest BCUT2D eigenvalue weighted by Crippen LogP contribution is 2.08. The average Bonchev–Trinajstić information content (AvgIpc) is 2.47. The fraction of sp³-hybridized carbons (Fsp3) is 0.933. The van der Waals surface area contributed by atoms with Gasteiger partial charge in [-0.1, -0.05) is 20.3 Å². The minimum Gasteiger partial charge on any atom is -0.480 e. The molecule has 2 N–H and O–H groups in total. The first-order valence-electron chi connectivity index (χ1n) is 7.78. The van der Waals surface area contributed by atoms with Gasteiger partial charge in [-0.3, -0.25) is 10.1 Å². The Labute approximate surface area is 128 Å². The summed E-state index contributed by atoms with van der Waals surface area (Å²) in [7, 11) is 0. The molecule has 1 unspecified atom stereocenters. The molecule has 0 radical (unpaired) electrons. The van der Waals surface area contributed by atoms with E-state index >= 15 is 0 Å². The summed E-state index contributed by atoms with van der Waals surface area (Å²) in [6.07, 6.45) is 2.76. The van der Waals surface area contributed by atoms with Gasteiger partial charge in [0.05, 0.1) is 33.0 Å². The lowest BCUT2D eigenvalue weighted by atomic mass is 9.99. The molecule has 0 amide bonds. The molecule has 0 saturated carbocycles. The highest BCUT2D eigenvalue weighted by molar-refractivity contribution is 5.78. The quantitative estimate of drug-likeness (QED) is 0.448. The van der Waals surface area contributed by atoms with Crippen LogP contribution >= 0.6 is 0 Å². The number of carbonyl (C=O) groups is 1. The number of ether oxygens (including phenoxy) is 3. The van der Waals surface area contributed by atoms with Crippen molar-refractivity contribution in [3.05, 3.63) is 0 Å². The molecule has 0 aromatic rings. The van der Waals surface area contributed by atoms with Gasteiger partial charge in [-0.2, -0.15) is 0 Å². The Morgan fingerprint density at radius 3 is 2.00 bits per heavy atom. The number of hydrogen-bond donors (Lipinski definition) is 2. The lowest BCUT2D eigenvalue weighted by Crippen LogP contribution is -2.50. The molecule has 0 aromatic heterocycles. The Morgan fingerprint density at radius 2 is 1.52 bits per heavy atom. The van der Waals surface area contributed by atoms with E-state index in [1.54, 1.807) is 6.92 Å². The van der Waals surface area contributed by atoms with E-state index in [-0.39, 0.29) is 0 Å². The van der Waals surface area contributed by atoms with Crippen LogP contribution in [0.2, 0.25) is 0 Å². The number of rotatable bonds is 15. The molecule has 0 heterocycles. The molecule has 1 atom stereocenters. The number of unbranched alkanes of at least 4 members (excludes halogenated alkanes) is 1. The van der Waals surface area contributed by atoms with Gasteiger partial charge in [0.1, 0.15) is 5.54 Å². The minimum atomic E-state index is -0.879. The molecule has 0 spiro atoms. The second-order valence-electron chi connectivity index (χ2n) is 5.11. The zero-order valence-electron chi connectivity index (χ0n) is 13.7. The molecule has 0 aromatic carbocycles. The fourth-order valence-electron chi connectivity index (χ4n) is 1.54. The van der Waals surface area contributed by atoms with E-state index in [4.69, 9.17) is 19.3 Å². The molecule has 6 nitrogen and oxygen atoms in total. The van der Waals surface area contributed by atoms with Crippen molar-refractivity contribution in [1.29, 1.82) is 0 Å². The van der Waals surface area contributed by atoms with Crippen molar-refractivity contribution in [2.45, 2.75) is 45.6 Å². The summed E-state index contributed by atoms with van der Waals surface area (Å²) < 4.78 is 16.1. The third-order valence-electron chi connectivity index (χ3n) is 3.33. The van der Waals surface area contributed by atoms with Crippen LogP contribution in [0.25, 0.3) is 0 Å². The summed E-state index contributed by atoms with van der Waals surface area (Å²) in [6, 6.07) is 0. The second kappa shape index (κ2) is 13.0. The first-order chi connectivity index (χ1) is 10.1. The molecule has 0 rings (SSSR count). The fourth-order valence-corrected chi connectivity index (χ4v) is 1.54. The monoisotopic (exact) mass is 305 g/mol. The van der Waals surface area contributed by atoms with E-state index in [1.165, 1.54) is 0 Å². The van der Waals surface area contributed by atoms with Gasteiger partial charge in [0.25, 0.3) is 0 Å². The summed E-state index contributed by atoms with van der Waals surface area (Å²) in [5.74, 6) is -0.837. The molecule has 0 aliphatic carbocycles. The zero-order valence-corrected chi connectivity index (χ0v) is 13.7. The van der Waals surface area contributed by atoms with E-state index in [1.807, 2.05) is 6.92 Å². The Bertz CT molecular complexity index is 262. The molecule has 0 aliphatic rings. The van der Waals surface area contributed by atoms with Crippen LogP contribution in [-0.2, 0) is 19.0 Å². The van der Waals surface area contributed by atoms with Gasteiger partial charge >= 0.3 is 5.97 Å². The SMILES string of the molecule is CCCCOCCOCCOCCNC(C)(CC)C(=O)O. The second-order valence-corrected chi connectivity index (χ2v) is 5.11. The maximum absolute atomic E-state index is 11.0. The summed E-state index contributed by atoms with van der Waals surface area (Å²) in [4.78, 5) is 11.0. The van der Waals surface area contributed by atoms with Gasteiger partial charge in [0.15, 0.2) is 0 Å². The van der Waals surface area contributed by atoms with E-state index in [2.05, 4.69) is 12.2 Å². The van der Waals surface area contributed by atoms with Crippen LogP contribution in [0.4, 0.5) is 0 Å². The van der Waals surface area contributed by atoms with Gasteiger partial charge in [-0.05, 0) is 19.8 Å². The summed E-state index contributed by atoms with van der Waals surface area (Å²) in [5, 5.41) is 12.1. The van der Waals surface area contributed by atoms with E-state index in [0.29, 0.717) is 46.0 Å². The van der Waals surface area contributed by atoms with Gasteiger partial charge in [0, 0.05) is 13.2 Å². The maximum atomic E-state index is 11.0. The van der Waals surface area contributed by atoms with E-state index in [9.17, 15) is 4.79 Å². The van der Waals surface area contributed by atoms with Crippen LogP contribution in [0.1, 0.15) is 40.0 Å². The molecule has 126 valence electrons. The Hall–Kier alpha value is -0.690. The molecule has 21 heavy (non-hydrogen) atoms. The Morgan fingerprint density at radius 1 is 1.00 bits per heavy atom. The van der Waals surface area contributed by atoms with Crippen LogP contribution in [0.3, 0.4) is 0 Å². The highest BCUT2D eigenvalue weighted by atomic mass is 16.5. The van der Waals surface area contributed by atoms with Crippen molar-refractivity contribution in [3.63, 3.8) is 0 Å². The van der Waals surface area contributed by atoms with Gasteiger partial charge in [-0.25, -0.2) is 0 Å². The van der Waals surface area contributed by atoms with Crippen LogP contribution in [-0.4, -0.2) is 62.8 Å². The van der Waals surface area contributed by atoms with Crippen molar-refractivity contribution in [2.75, 3.05) is 46.2 Å². The third kappa shape index (κ3) is 10.6. The predicted molar refractivity (Wildman–Crippen MR) is 81.7 cm³/mol. The topological polar surface area (TPSA) is 77.0 Å². The lowest BCUT2D eigenvalue weighted by Gasteiger charge is -2.24. The molecule has 0 aliphatic heterocycles. The van der Waals surface area contributed by atoms with Crippen LogP contribution in [0, 0.1) is 0 Å². The number of carboxylic acid groups (broad SMARTS) is 1. The van der Waals surface area contributed by atoms with Crippen molar-refractivity contribution in [2.24, 2.45) is 0 Å². The molecular formula is C15H31NO5. The van der Waals surface area contributed by atoms with Crippen LogP contribution in [0.5, 0.6) is 0 Å². The number of hydrogen-bond acceptors (Lipinski definition) is 5. The van der Waals surface area contributed by atoms with Gasteiger partial charge in [0.2, 0.25) is 0 Å². The largest absolute Gasteiger partial charge is 0.480 e. The molecule has 6 heteroatoms. The number of carboxylic acids is 1. The Balaban J connectivity index is 3.31. The van der Waals surface area contributed by atoms with Crippen molar-refractivity contribution < 1.29 is 24.1 Å². The summed E-state index contributed by atoms with van der Waals surface area (Å²) in [6.45, 7) is 9.67. The van der Waals surface area contributed by atoms with E-state index < -0.39 is 11.5 Å². The zero-order chi connectivity index (χ0) is 16.0. The van der Waals surface area contributed by atoms with Crippen LogP contribution < -0.4 is 5.32 Å². The molecule has 0 fully saturated rings. The molecule has 0 saturated heterocycles. The standard InChI is InChI=1S/C15H31NO5/c1-4-6-8-19-10-12-21-13-11-20-9-7-16-15(3,5-2)14(17)18/h16H,4-13H2,1-3H3,(H,17,18). The summed E-state index contributed by atoms with van der Waals surface area (Å²) in [5.41, 5.74) is -0.879. The number of nitrogens with one attached hydrogen (secondary N) is 1. The first-order valence-corrected chi connectivity index (χ1v) is 7.78. The van der Waals surface area contributed by atoms with Crippen molar-refractivity contribution in [3.8, 4) is 0 Å². The van der Waals surface area contributed by atoms with Crippen LogP contribution in [0.15, 0.2) is 0 Å². The third-order valence-corrected chi connectivity index (χ3v) is 3.33. The number of aliphatic carboxylic acids is 1. The normalized spacial score (nSPS) is 14.0. The van der Waals surface area contributed by atoms with Gasteiger partial charge < -0.3 is 19.3 Å². The lowest BCUT2D eigenvalue weighted by molar-refractivity contribution is -0.144. The van der Waals surface area contributed by atoms with Crippen molar-refractivity contribution >= 4 is 5.97 Å². The van der Waals surface area contributed by atoms with Gasteiger partial charge in [-0.15, -0.1) is 0 Å². The molecule has 0 bridgehead atoms. The predicted octanol–water partition coefficient (Wildman–Crippen LogP) is 1.68. The Kier molecular flexibility index (Phi) is 12.6.